The Morgan fingerprint density at radius 1 is 1.43 bits per heavy atom. The van der Waals surface area contributed by atoms with E-state index in [2.05, 4.69) is 10.3 Å². The van der Waals surface area contributed by atoms with Crippen LogP contribution in [0.3, 0.4) is 0 Å². The molecule has 1 aromatic rings. The summed E-state index contributed by atoms with van der Waals surface area (Å²) in [5, 5.41) is 3.09. The topological polar surface area (TPSA) is 59.1 Å². The molecule has 0 aromatic carbocycles. The number of hydrogen-bond donors (Lipinski definition) is 1. The summed E-state index contributed by atoms with van der Waals surface area (Å²) < 4.78 is 24.0. The number of nitrogens with one attached hydrogen (secondary N) is 1. The molecule has 0 spiro atoms. The quantitative estimate of drug-likeness (QED) is 0.864. The molecule has 1 heterocycles. The van der Waals surface area contributed by atoms with Crippen LogP contribution in [0.1, 0.15) is 19.5 Å². The molecule has 14 heavy (non-hydrogen) atoms. The highest BCUT2D eigenvalue weighted by atomic mass is 32.2. The molecule has 0 unspecified atom stereocenters. The molecule has 0 aliphatic heterocycles. The van der Waals surface area contributed by atoms with Crippen molar-refractivity contribution in [2.24, 2.45) is 0 Å². The summed E-state index contributed by atoms with van der Waals surface area (Å²) in [5.74, 6) is 0. The van der Waals surface area contributed by atoms with Gasteiger partial charge in [0.15, 0.2) is 15.0 Å². The minimum atomic E-state index is -3.18. The van der Waals surface area contributed by atoms with E-state index < -0.39 is 15.1 Å². The minimum absolute atomic E-state index is 0.372. The Morgan fingerprint density at radius 2 is 2.00 bits per heavy atom. The predicted octanol–water partition coefficient (Wildman–Crippen LogP) is 1.68. The van der Waals surface area contributed by atoms with Crippen molar-refractivity contribution < 1.29 is 8.42 Å². The van der Waals surface area contributed by atoms with E-state index in [9.17, 15) is 8.42 Å². The molecule has 80 valence electrons. The fraction of sp³-hybridized carbons (Fsp3) is 0.625. The molecule has 0 aliphatic rings. The Balaban J connectivity index is 3.26. The van der Waals surface area contributed by atoms with E-state index in [1.54, 1.807) is 27.8 Å². The fourth-order valence-electron chi connectivity index (χ4n) is 0.967. The van der Waals surface area contributed by atoms with Crippen LogP contribution < -0.4 is 5.32 Å². The summed E-state index contributed by atoms with van der Waals surface area (Å²) in [6, 6.07) is 0. The molecule has 6 heteroatoms. The van der Waals surface area contributed by atoms with E-state index in [4.69, 9.17) is 0 Å². The summed E-state index contributed by atoms with van der Waals surface area (Å²) in [4.78, 5) is 4.11. The van der Waals surface area contributed by atoms with Crippen LogP contribution in [0.25, 0.3) is 0 Å². The van der Waals surface area contributed by atoms with Crippen molar-refractivity contribution in [3.8, 4) is 0 Å². The lowest BCUT2D eigenvalue weighted by Crippen LogP contribution is -2.13. The molecule has 1 aromatic heterocycles. The summed E-state index contributed by atoms with van der Waals surface area (Å²) >= 11 is 1.18. The normalized spacial score (nSPS) is 12.1. The van der Waals surface area contributed by atoms with Crippen LogP contribution in [-0.4, -0.2) is 25.7 Å². The molecule has 1 N–H and O–H groups in total. The zero-order valence-corrected chi connectivity index (χ0v) is 10.3. The van der Waals surface area contributed by atoms with E-state index in [0.717, 1.165) is 0 Å². The van der Waals surface area contributed by atoms with Gasteiger partial charge in [-0.05, 0) is 20.8 Å². The number of nitrogens with zero attached hydrogens (tertiary/aromatic N) is 1. The zero-order chi connectivity index (χ0) is 10.9. The summed E-state index contributed by atoms with van der Waals surface area (Å²) in [5.41, 5.74) is 0.577. The molecule has 0 amide bonds. The van der Waals surface area contributed by atoms with E-state index in [-0.39, 0.29) is 0 Å². The Kier molecular flexibility index (Phi) is 3.16. The number of aromatic nitrogens is 1. The second-order valence-corrected chi connectivity index (χ2v) is 6.93. The summed E-state index contributed by atoms with van der Waals surface area (Å²) in [7, 11) is -1.45. The van der Waals surface area contributed by atoms with E-state index in [1.807, 2.05) is 0 Å². The Morgan fingerprint density at radius 3 is 2.36 bits per heavy atom. The molecule has 4 nitrogen and oxygen atoms in total. The largest absolute Gasteiger partial charge is 0.365 e. The monoisotopic (exact) mass is 234 g/mol. The van der Waals surface area contributed by atoms with Gasteiger partial charge in [-0.1, -0.05) is 11.3 Å². The number of aryl methyl sites for hydroxylation is 1. The van der Waals surface area contributed by atoms with E-state index >= 15 is 0 Å². The van der Waals surface area contributed by atoms with Gasteiger partial charge in [0.05, 0.1) is 10.9 Å². The lowest BCUT2D eigenvalue weighted by molar-refractivity contribution is 0.588. The lowest BCUT2D eigenvalue weighted by Gasteiger charge is -2.04. The highest BCUT2D eigenvalue weighted by molar-refractivity contribution is 7.94. The first-order valence-electron chi connectivity index (χ1n) is 4.28. The van der Waals surface area contributed by atoms with Crippen LogP contribution in [0.2, 0.25) is 0 Å². The van der Waals surface area contributed by atoms with Crippen LogP contribution in [0.15, 0.2) is 4.21 Å². The van der Waals surface area contributed by atoms with Gasteiger partial charge in [-0.2, -0.15) is 0 Å². The van der Waals surface area contributed by atoms with Gasteiger partial charge in [-0.3, -0.25) is 0 Å². The number of hydrogen-bond acceptors (Lipinski definition) is 5. The van der Waals surface area contributed by atoms with Gasteiger partial charge in [0.2, 0.25) is 0 Å². The van der Waals surface area contributed by atoms with Crippen LogP contribution >= 0.6 is 11.3 Å². The van der Waals surface area contributed by atoms with E-state index in [0.29, 0.717) is 15.0 Å². The SMILES string of the molecule is CNc1nc(C)c(S(=O)(=O)C(C)C)s1. The fourth-order valence-corrected chi connectivity index (χ4v) is 3.79. The maximum absolute atomic E-state index is 11.8. The number of rotatable bonds is 3. The van der Waals surface area contributed by atoms with Crippen molar-refractivity contribution in [2.75, 3.05) is 12.4 Å². The van der Waals surface area contributed by atoms with Gasteiger partial charge in [0.25, 0.3) is 0 Å². The molecule has 0 atom stereocenters. The highest BCUT2D eigenvalue weighted by Crippen LogP contribution is 2.29. The maximum atomic E-state index is 11.8. The molecule has 0 radical (unpaired) electrons. The Hall–Kier alpha value is -0.620. The van der Waals surface area contributed by atoms with E-state index in [1.165, 1.54) is 11.3 Å². The second-order valence-electron chi connectivity index (χ2n) is 3.24. The van der Waals surface area contributed by atoms with Crippen molar-refractivity contribution in [1.82, 2.24) is 4.98 Å². The zero-order valence-electron chi connectivity index (χ0n) is 8.66. The number of thiazole rings is 1. The molecule has 0 aliphatic carbocycles. The number of sulfone groups is 1. The minimum Gasteiger partial charge on any atom is -0.365 e. The van der Waals surface area contributed by atoms with Crippen molar-refractivity contribution >= 4 is 26.3 Å². The smallest absolute Gasteiger partial charge is 0.191 e. The molecule has 0 bridgehead atoms. The second kappa shape index (κ2) is 3.86. The first-order chi connectivity index (χ1) is 6.39. The molecule has 1 rings (SSSR count). The molecule has 0 saturated carbocycles. The van der Waals surface area contributed by atoms with Crippen molar-refractivity contribution in [1.29, 1.82) is 0 Å². The molecule has 0 saturated heterocycles. The Labute approximate surface area is 88.3 Å². The summed E-state index contributed by atoms with van der Waals surface area (Å²) in [6.45, 7) is 5.06. The van der Waals surface area contributed by atoms with Gasteiger partial charge in [0, 0.05) is 7.05 Å². The highest BCUT2D eigenvalue weighted by Gasteiger charge is 2.24. The van der Waals surface area contributed by atoms with Crippen LogP contribution in [0.4, 0.5) is 5.13 Å². The lowest BCUT2D eigenvalue weighted by atomic mass is 10.6. The van der Waals surface area contributed by atoms with Crippen molar-refractivity contribution in [2.45, 2.75) is 30.2 Å². The summed E-state index contributed by atoms with van der Waals surface area (Å²) in [6.07, 6.45) is 0. The first kappa shape index (κ1) is 11.5. The van der Waals surface area contributed by atoms with Crippen molar-refractivity contribution in [3.63, 3.8) is 0 Å². The molecule has 0 fully saturated rings. The average Bonchev–Trinajstić information content (AvgIpc) is 2.47. The standard InChI is InChI=1S/C8H14N2O2S2/c1-5(2)14(11,12)7-6(3)10-8(9-4)13-7/h5H,1-4H3,(H,9,10). The third kappa shape index (κ3) is 1.90. The predicted molar refractivity (Wildman–Crippen MR) is 58.7 cm³/mol. The van der Waals surface area contributed by atoms with Crippen LogP contribution in [0, 0.1) is 6.92 Å². The third-order valence-electron chi connectivity index (χ3n) is 1.85. The van der Waals surface area contributed by atoms with Gasteiger partial charge >= 0.3 is 0 Å². The maximum Gasteiger partial charge on any atom is 0.191 e. The van der Waals surface area contributed by atoms with Gasteiger partial charge in [-0.15, -0.1) is 0 Å². The van der Waals surface area contributed by atoms with Crippen LogP contribution in [-0.2, 0) is 9.84 Å². The van der Waals surface area contributed by atoms with Gasteiger partial charge in [0.1, 0.15) is 4.21 Å². The van der Waals surface area contributed by atoms with Gasteiger partial charge in [-0.25, -0.2) is 13.4 Å². The molecular formula is C8H14N2O2S2. The average molecular weight is 234 g/mol. The van der Waals surface area contributed by atoms with Crippen molar-refractivity contribution in [3.05, 3.63) is 5.69 Å². The van der Waals surface area contributed by atoms with Crippen LogP contribution in [0.5, 0.6) is 0 Å². The first-order valence-corrected chi connectivity index (χ1v) is 6.65. The number of anilines is 1. The molecular weight excluding hydrogens is 220 g/mol. The Bertz CT molecular complexity index is 421. The van der Waals surface area contributed by atoms with Gasteiger partial charge < -0.3 is 5.32 Å². The third-order valence-corrected chi connectivity index (χ3v) is 5.82.